The molecule has 0 saturated carbocycles. The molecule has 6 nitrogen and oxygen atoms in total. The minimum Gasteiger partial charge on any atom is -0.497 e. The molecule has 0 N–H and O–H groups in total. The van der Waals surface area contributed by atoms with Crippen molar-refractivity contribution in [1.82, 2.24) is 14.4 Å². The summed E-state index contributed by atoms with van der Waals surface area (Å²) in [5.41, 5.74) is 2.78. The molecule has 1 unspecified atom stereocenters. The van der Waals surface area contributed by atoms with Gasteiger partial charge in [-0.3, -0.25) is 9.59 Å². The highest BCUT2D eigenvalue weighted by molar-refractivity contribution is 7.16. The Morgan fingerprint density at radius 2 is 1.80 bits per heavy atom. The van der Waals surface area contributed by atoms with Gasteiger partial charge in [0.15, 0.2) is 0 Å². The summed E-state index contributed by atoms with van der Waals surface area (Å²) < 4.78 is 7.49. The van der Waals surface area contributed by atoms with E-state index in [0.717, 1.165) is 27.1 Å². The van der Waals surface area contributed by atoms with Crippen LogP contribution in [0.4, 0.5) is 0 Å². The first-order valence-electron chi connectivity index (χ1n) is 11.9. The van der Waals surface area contributed by atoms with E-state index in [-0.39, 0.29) is 17.9 Å². The molecule has 1 fully saturated rings. The fourth-order valence-corrected chi connectivity index (χ4v) is 5.71. The van der Waals surface area contributed by atoms with Crippen LogP contribution >= 0.6 is 11.3 Å². The second kappa shape index (κ2) is 9.96. The predicted octanol–water partition coefficient (Wildman–Crippen LogP) is 4.68. The Kier molecular flexibility index (Phi) is 6.59. The maximum Gasteiger partial charge on any atom is 0.270 e. The monoisotopic (exact) mass is 487 g/mol. The van der Waals surface area contributed by atoms with E-state index in [1.807, 2.05) is 71.3 Å². The lowest BCUT2D eigenvalue weighted by atomic mass is 10.1. The average molecular weight is 488 g/mol. The van der Waals surface area contributed by atoms with Crippen LogP contribution in [0.15, 0.2) is 72.1 Å². The van der Waals surface area contributed by atoms with Gasteiger partial charge >= 0.3 is 0 Å². The predicted molar refractivity (Wildman–Crippen MR) is 139 cm³/mol. The van der Waals surface area contributed by atoms with E-state index >= 15 is 0 Å². The molecule has 3 heterocycles. The van der Waals surface area contributed by atoms with Gasteiger partial charge in [-0.25, -0.2) is 0 Å². The van der Waals surface area contributed by atoms with Crippen LogP contribution in [0.5, 0.6) is 5.75 Å². The summed E-state index contributed by atoms with van der Waals surface area (Å²) in [6.07, 6.45) is 0.388. The summed E-state index contributed by atoms with van der Waals surface area (Å²) in [6.45, 7) is 4.21. The molecule has 1 atom stereocenters. The van der Waals surface area contributed by atoms with E-state index in [4.69, 9.17) is 4.74 Å². The van der Waals surface area contributed by atoms with Gasteiger partial charge in [0.25, 0.3) is 5.91 Å². The molecule has 1 aliphatic rings. The quantitative estimate of drug-likeness (QED) is 0.397. The zero-order valence-electron chi connectivity index (χ0n) is 20.0. The highest BCUT2D eigenvalue weighted by atomic mass is 32.1. The Hall–Kier alpha value is -3.58. The number of fused-ring (bicyclic) bond motifs is 1. The molecular weight excluding hydrogens is 458 g/mol. The fraction of sp³-hybridized carbons (Fsp3) is 0.286. The van der Waals surface area contributed by atoms with Crippen molar-refractivity contribution < 1.29 is 14.3 Å². The first kappa shape index (κ1) is 23.2. The molecular formula is C28H29N3O3S. The lowest BCUT2D eigenvalue weighted by molar-refractivity contribution is -0.134. The van der Waals surface area contributed by atoms with Crippen LogP contribution in [-0.4, -0.2) is 59.0 Å². The topological polar surface area (TPSA) is 54.8 Å². The number of hydrogen-bond acceptors (Lipinski definition) is 4. The summed E-state index contributed by atoms with van der Waals surface area (Å²) in [7, 11) is 1.66. The fourth-order valence-electron chi connectivity index (χ4n) is 4.81. The molecule has 180 valence electrons. The van der Waals surface area contributed by atoms with Gasteiger partial charge in [0.1, 0.15) is 16.3 Å². The largest absolute Gasteiger partial charge is 0.497 e. The number of benzene rings is 2. The standard InChI is InChI=1S/C28H29N3O3S/c1-20-18-29(12-13-30(20)26(32)16-21-7-4-3-5-8-21)27(33)25-17-23-11-14-35-28(23)31(25)19-22-9-6-10-24(15-22)34-2/h3-11,14-15,17,20H,12-13,16,18-19H2,1-2H3. The van der Waals surface area contributed by atoms with Crippen LogP contribution in [0.25, 0.3) is 10.2 Å². The van der Waals surface area contributed by atoms with Crippen LogP contribution < -0.4 is 4.74 Å². The maximum atomic E-state index is 13.7. The Balaban J connectivity index is 1.33. The van der Waals surface area contributed by atoms with E-state index in [2.05, 4.69) is 22.1 Å². The molecule has 1 saturated heterocycles. The molecule has 0 radical (unpaired) electrons. The van der Waals surface area contributed by atoms with Crippen LogP contribution in [0.1, 0.15) is 28.5 Å². The maximum absolute atomic E-state index is 13.7. The summed E-state index contributed by atoms with van der Waals surface area (Å²) >= 11 is 1.64. The third-order valence-electron chi connectivity index (χ3n) is 6.63. The lowest BCUT2D eigenvalue weighted by Gasteiger charge is -2.40. The van der Waals surface area contributed by atoms with Crippen molar-refractivity contribution in [3.8, 4) is 5.75 Å². The number of thiophene rings is 1. The number of amides is 2. The Bertz CT molecular complexity index is 1340. The molecule has 4 aromatic rings. The molecule has 5 rings (SSSR count). The van der Waals surface area contributed by atoms with Crippen molar-refractivity contribution in [2.45, 2.75) is 25.9 Å². The van der Waals surface area contributed by atoms with Crippen molar-refractivity contribution in [3.05, 3.63) is 88.9 Å². The van der Waals surface area contributed by atoms with Crippen molar-refractivity contribution in [2.75, 3.05) is 26.7 Å². The number of nitrogens with zero attached hydrogens (tertiary/aromatic N) is 3. The number of hydrogen-bond donors (Lipinski definition) is 0. The van der Waals surface area contributed by atoms with Crippen molar-refractivity contribution in [1.29, 1.82) is 0 Å². The van der Waals surface area contributed by atoms with E-state index in [1.165, 1.54) is 0 Å². The number of aromatic nitrogens is 1. The number of piperazine rings is 1. The number of rotatable bonds is 6. The third-order valence-corrected chi connectivity index (χ3v) is 7.58. The van der Waals surface area contributed by atoms with Crippen LogP contribution in [0.2, 0.25) is 0 Å². The van der Waals surface area contributed by atoms with E-state index < -0.39 is 0 Å². The van der Waals surface area contributed by atoms with Crippen LogP contribution in [-0.2, 0) is 17.8 Å². The molecule has 2 aromatic heterocycles. The van der Waals surface area contributed by atoms with Crippen molar-refractivity contribution in [2.24, 2.45) is 0 Å². The summed E-state index contributed by atoms with van der Waals surface area (Å²) in [5, 5.41) is 3.13. The first-order valence-corrected chi connectivity index (χ1v) is 12.7. The number of carbonyl (C=O) groups excluding carboxylic acids is 2. The minimum atomic E-state index is -0.0353. The summed E-state index contributed by atoms with van der Waals surface area (Å²) in [5.74, 6) is 0.922. The minimum absolute atomic E-state index is 0.0123. The normalized spacial score (nSPS) is 16.0. The Morgan fingerprint density at radius 3 is 2.57 bits per heavy atom. The van der Waals surface area contributed by atoms with Gasteiger partial charge in [0.2, 0.25) is 5.91 Å². The van der Waals surface area contributed by atoms with Crippen molar-refractivity contribution in [3.63, 3.8) is 0 Å². The third kappa shape index (κ3) is 4.82. The zero-order valence-corrected chi connectivity index (χ0v) is 20.8. The second-order valence-electron chi connectivity index (χ2n) is 9.00. The van der Waals surface area contributed by atoms with Gasteiger partial charge in [-0.1, -0.05) is 42.5 Å². The first-order chi connectivity index (χ1) is 17.0. The number of carbonyl (C=O) groups is 2. The van der Waals surface area contributed by atoms with Gasteiger partial charge in [-0.15, -0.1) is 11.3 Å². The SMILES string of the molecule is COc1cccc(Cn2c(C(=O)N3CCN(C(=O)Cc4ccccc4)C(C)C3)cc3ccsc32)c1. The van der Waals surface area contributed by atoms with E-state index in [9.17, 15) is 9.59 Å². The number of methoxy groups -OCH3 is 1. The van der Waals surface area contributed by atoms with Gasteiger partial charge in [-0.05, 0) is 47.7 Å². The van der Waals surface area contributed by atoms with Gasteiger partial charge in [0.05, 0.1) is 13.5 Å². The van der Waals surface area contributed by atoms with Gasteiger partial charge < -0.3 is 19.1 Å². The summed E-state index contributed by atoms with van der Waals surface area (Å²) in [4.78, 5) is 31.5. The smallest absolute Gasteiger partial charge is 0.270 e. The molecule has 35 heavy (non-hydrogen) atoms. The molecule has 0 spiro atoms. The van der Waals surface area contributed by atoms with Crippen LogP contribution in [0, 0.1) is 0 Å². The van der Waals surface area contributed by atoms with E-state index in [1.54, 1.807) is 18.4 Å². The average Bonchev–Trinajstić information content (AvgIpc) is 3.47. The molecule has 2 aromatic carbocycles. The molecule has 7 heteroatoms. The highest BCUT2D eigenvalue weighted by Crippen LogP contribution is 2.28. The molecule has 2 amide bonds. The lowest BCUT2D eigenvalue weighted by Crippen LogP contribution is -2.56. The molecule has 0 aliphatic carbocycles. The number of ether oxygens (including phenoxy) is 1. The Morgan fingerprint density at radius 1 is 1.00 bits per heavy atom. The van der Waals surface area contributed by atoms with E-state index in [0.29, 0.717) is 38.3 Å². The summed E-state index contributed by atoms with van der Waals surface area (Å²) in [6, 6.07) is 21.8. The van der Waals surface area contributed by atoms with Crippen molar-refractivity contribution >= 4 is 33.4 Å². The molecule has 0 bridgehead atoms. The Labute approximate surface area is 209 Å². The van der Waals surface area contributed by atoms with Crippen LogP contribution in [0.3, 0.4) is 0 Å². The second-order valence-corrected chi connectivity index (χ2v) is 9.89. The zero-order chi connectivity index (χ0) is 24.4. The van der Waals surface area contributed by atoms with Gasteiger partial charge in [-0.2, -0.15) is 0 Å². The highest BCUT2D eigenvalue weighted by Gasteiger charge is 2.31. The molecule has 1 aliphatic heterocycles. The van der Waals surface area contributed by atoms with Gasteiger partial charge in [0, 0.05) is 37.6 Å².